The minimum atomic E-state index is -3.62. The number of nitrogens with one attached hydrogen (secondary N) is 1. The van der Waals surface area contributed by atoms with E-state index in [-0.39, 0.29) is 28.4 Å². The van der Waals surface area contributed by atoms with Crippen molar-refractivity contribution >= 4 is 21.9 Å². The van der Waals surface area contributed by atoms with E-state index in [0.717, 1.165) is 32.1 Å². The Hall–Kier alpha value is -3.24. The monoisotopic (exact) mass is 470 g/mol. The Bertz CT molecular complexity index is 1200. The summed E-state index contributed by atoms with van der Waals surface area (Å²) in [6, 6.07) is 12.8. The highest BCUT2D eigenvalue weighted by molar-refractivity contribution is 7.89. The summed E-state index contributed by atoms with van der Waals surface area (Å²) >= 11 is 0. The van der Waals surface area contributed by atoms with Crippen molar-refractivity contribution in [2.24, 2.45) is 0 Å². The standard InChI is InChI=1S/C23H26N4O5S/c1-27(18-6-4-3-5-7-18)33(29,30)20-14-10-16(11-15-20)21(28)24-23-26-25-22(32-23)17-8-12-19(31-2)13-9-17/h8-15,18H,3-7H2,1-2H3,(H,24,26,28). The lowest BCUT2D eigenvalue weighted by atomic mass is 9.96. The Labute approximate surface area is 192 Å². The smallest absolute Gasteiger partial charge is 0.322 e. The van der Waals surface area contributed by atoms with Crippen LogP contribution in [0.5, 0.6) is 5.75 Å². The van der Waals surface area contributed by atoms with Crippen molar-refractivity contribution in [2.45, 2.75) is 43.0 Å². The average molecular weight is 471 g/mol. The van der Waals surface area contributed by atoms with Crippen LogP contribution in [0.25, 0.3) is 11.5 Å². The molecule has 1 N–H and O–H groups in total. The lowest BCUT2D eigenvalue weighted by Gasteiger charge is -2.30. The van der Waals surface area contributed by atoms with E-state index in [4.69, 9.17) is 9.15 Å². The first-order valence-corrected chi connectivity index (χ1v) is 12.2. The Morgan fingerprint density at radius 1 is 1.03 bits per heavy atom. The van der Waals surface area contributed by atoms with E-state index >= 15 is 0 Å². The Morgan fingerprint density at radius 3 is 2.33 bits per heavy atom. The summed E-state index contributed by atoms with van der Waals surface area (Å²) in [5.41, 5.74) is 0.957. The summed E-state index contributed by atoms with van der Waals surface area (Å²) in [5, 5.41) is 10.3. The molecule has 0 aliphatic heterocycles. The topological polar surface area (TPSA) is 115 Å². The van der Waals surface area contributed by atoms with Gasteiger partial charge in [0.1, 0.15) is 5.75 Å². The van der Waals surface area contributed by atoms with Gasteiger partial charge in [0, 0.05) is 24.2 Å². The van der Waals surface area contributed by atoms with Crippen LogP contribution in [0.1, 0.15) is 42.5 Å². The number of sulfonamides is 1. The largest absolute Gasteiger partial charge is 0.497 e. The van der Waals surface area contributed by atoms with Crippen LogP contribution in [-0.4, -0.2) is 49.0 Å². The van der Waals surface area contributed by atoms with Gasteiger partial charge in [-0.1, -0.05) is 24.4 Å². The van der Waals surface area contributed by atoms with Gasteiger partial charge in [0.2, 0.25) is 15.9 Å². The third-order valence-corrected chi connectivity index (χ3v) is 7.79. The lowest BCUT2D eigenvalue weighted by molar-refractivity contribution is 0.102. The summed E-state index contributed by atoms with van der Waals surface area (Å²) in [6.07, 6.45) is 4.98. The van der Waals surface area contributed by atoms with Gasteiger partial charge in [0.05, 0.1) is 12.0 Å². The number of aromatic nitrogens is 2. The zero-order valence-electron chi connectivity index (χ0n) is 18.5. The molecule has 0 spiro atoms. The highest BCUT2D eigenvalue weighted by Gasteiger charge is 2.29. The second kappa shape index (κ2) is 9.72. The van der Waals surface area contributed by atoms with Crippen molar-refractivity contribution in [3.8, 4) is 17.2 Å². The molecule has 1 fully saturated rings. The minimum absolute atomic E-state index is 0.0177. The van der Waals surface area contributed by atoms with E-state index in [2.05, 4.69) is 15.5 Å². The number of hydrogen-bond acceptors (Lipinski definition) is 7. The van der Waals surface area contributed by atoms with Gasteiger partial charge in [0.25, 0.3) is 5.91 Å². The van der Waals surface area contributed by atoms with E-state index in [9.17, 15) is 13.2 Å². The summed E-state index contributed by atoms with van der Waals surface area (Å²) in [7, 11) is -0.418. The molecule has 1 aliphatic rings. The molecule has 174 valence electrons. The fourth-order valence-corrected chi connectivity index (χ4v) is 5.29. The van der Waals surface area contributed by atoms with Crippen molar-refractivity contribution in [3.05, 3.63) is 54.1 Å². The molecule has 9 nitrogen and oxygen atoms in total. The van der Waals surface area contributed by atoms with Crippen LogP contribution in [0.4, 0.5) is 6.01 Å². The maximum Gasteiger partial charge on any atom is 0.322 e. The number of rotatable bonds is 7. The van der Waals surface area contributed by atoms with Gasteiger partial charge in [0.15, 0.2) is 0 Å². The molecule has 1 heterocycles. The number of benzene rings is 2. The van der Waals surface area contributed by atoms with Gasteiger partial charge in [-0.2, -0.15) is 4.31 Å². The molecule has 0 saturated heterocycles. The van der Waals surface area contributed by atoms with Gasteiger partial charge in [-0.05, 0) is 61.4 Å². The van der Waals surface area contributed by atoms with Crippen molar-refractivity contribution in [3.63, 3.8) is 0 Å². The zero-order valence-corrected chi connectivity index (χ0v) is 19.3. The molecule has 0 atom stereocenters. The summed E-state index contributed by atoms with van der Waals surface area (Å²) in [6.45, 7) is 0. The maximum atomic E-state index is 13.0. The number of methoxy groups -OCH3 is 1. The van der Waals surface area contributed by atoms with E-state index in [1.54, 1.807) is 38.4 Å². The molecule has 1 amide bonds. The lowest BCUT2D eigenvalue weighted by Crippen LogP contribution is -2.38. The van der Waals surface area contributed by atoms with Crippen LogP contribution in [0.2, 0.25) is 0 Å². The van der Waals surface area contributed by atoms with E-state index in [1.807, 2.05) is 0 Å². The SMILES string of the molecule is COc1ccc(-c2nnc(NC(=O)c3ccc(S(=O)(=O)N(C)C4CCCCC4)cc3)o2)cc1. The summed E-state index contributed by atoms with van der Waals surface area (Å²) in [5.74, 6) is 0.465. The Kier molecular flexibility index (Phi) is 6.75. The van der Waals surface area contributed by atoms with Gasteiger partial charge in [-0.3, -0.25) is 10.1 Å². The molecular formula is C23H26N4O5S. The van der Waals surface area contributed by atoms with Gasteiger partial charge >= 0.3 is 6.01 Å². The quantitative estimate of drug-likeness (QED) is 0.556. The van der Waals surface area contributed by atoms with Crippen LogP contribution in [0.3, 0.4) is 0 Å². The normalized spacial score (nSPS) is 14.9. The summed E-state index contributed by atoms with van der Waals surface area (Å²) in [4.78, 5) is 12.7. The zero-order chi connectivity index (χ0) is 23.4. The molecule has 2 aromatic carbocycles. The molecule has 0 unspecified atom stereocenters. The summed E-state index contributed by atoms with van der Waals surface area (Å²) < 4.78 is 38.0. The molecule has 3 aromatic rings. The van der Waals surface area contributed by atoms with Crippen molar-refractivity contribution < 1.29 is 22.4 Å². The van der Waals surface area contributed by atoms with Gasteiger partial charge < -0.3 is 9.15 Å². The third-order valence-electron chi connectivity index (χ3n) is 5.86. The fraction of sp³-hybridized carbons (Fsp3) is 0.348. The van der Waals surface area contributed by atoms with Crippen LogP contribution in [0, 0.1) is 0 Å². The van der Waals surface area contributed by atoms with Crippen LogP contribution in [0.15, 0.2) is 57.8 Å². The first kappa shape index (κ1) is 22.9. The molecule has 0 bridgehead atoms. The van der Waals surface area contributed by atoms with Crippen molar-refractivity contribution in [1.29, 1.82) is 0 Å². The third kappa shape index (κ3) is 5.07. The second-order valence-corrected chi connectivity index (χ2v) is 9.93. The molecule has 4 rings (SSSR count). The van der Waals surface area contributed by atoms with Crippen molar-refractivity contribution in [1.82, 2.24) is 14.5 Å². The second-order valence-electron chi connectivity index (χ2n) is 7.93. The highest BCUT2D eigenvalue weighted by atomic mass is 32.2. The number of hydrogen-bond donors (Lipinski definition) is 1. The molecule has 1 aliphatic carbocycles. The highest BCUT2D eigenvalue weighted by Crippen LogP contribution is 2.27. The van der Waals surface area contributed by atoms with Gasteiger partial charge in [-0.25, -0.2) is 8.42 Å². The molecule has 10 heteroatoms. The number of nitrogens with zero attached hydrogens (tertiary/aromatic N) is 3. The Balaban J connectivity index is 1.42. The number of anilines is 1. The number of ether oxygens (including phenoxy) is 1. The molecule has 0 radical (unpaired) electrons. The van der Waals surface area contributed by atoms with Crippen molar-refractivity contribution in [2.75, 3.05) is 19.5 Å². The average Bonchev–Trinajstić information content (AvgIpc) is 3.32. The van der Waals surface area contributed by atoms with E-state index in [0.29, 0.717) is 11.3 Å². The molecule has 1 saturated carbocycles. The first-order chi connectivity index (χ1) is 15.9. The van der Waals surface area contributed by atoms with E-state index < -0.39 is 15.9 Å². The predicted molar refractivity (Wildman–Crippen MR) is 123 cm³/mol. The number of amides is 1. The first-order valence-electron chi connectivity index (χ1n) is 10.8. The number of carbonyl (C=O) groups excluding carboxylic acids is 1. The van der Waals surface area contributed by atoms with E-state index in [1.165, 1.54) is 28.6 Å². The Morgan fingerprint density at radius 2 is 1.70 bits per heavy atom. The fourth-order valence-electron chi connectivity index (χ4n) is 3.88. The number of carbonyl (C=O) groups is 1. The molecule has 1 aromatic heterocycles. The predicted octanol–water partition coefficient (Wildman–Crippen LogP) is 3.95. The molecular weight excluding hydrogens is 444 g/mol. The van der Waals surface area contributed by atoms with Crippen LogP contribution in [-0.2, 0) is 10.0 Å². The van der Waals surface area contributed by atoms with Crippen LogP contribution >= 0.6 is 0 Å². The molecule has 33 heavy (non-hydrogen) atoms. The minimum Gasteiger partial charge on any atom is -0.497 e. The maximum absolute atomic E-state index is 13.0. The van der Waals surface area contributed by atoms with Gasteiger partial charge in [-0.15, -0.1) is 5.10 Å². The van der Waals surface area contributed by atoms with Crippen LogP contribution < -0.4 is 10.1 Å².